The van der Waals surface area contributed by atoms with Gasteiger partial charge in [0.2, 0.25) is 0 Å². The molecule has 0 fully saturated rings. The maximum Gasteiger partial charge on any atom is 0.0870 e. The van der Waals surface area contributed by atoms with Crippen molar-refractivity contribution in [1.29, 1.82) is 0 Å². The van der Waals surface area contributed by atoms with Crippen LogP contribution in [0.4, 0.5) is 0 Å². The topological polar surface area (TPSA) is 37.9 Å². The molecule has 1 N–H and O–H groups in total. The van der Waals surface area contributed by atoms with Gasteiger partial charge in [-0.3, -0.25) is 4.98 Å². The Labute approximate surface area is 105 Å². The molecule has 90 valence electrons. The summed E-state index contributed by atoms with van der Waals surface area (Å²) in [5.41, 5.74) is 3.32. The zero-order valence-corrected chi connectivity index (χ0v) is 9.97. The van der Waals surface area contributed by atoms with Gasteiger partial charge in [-0.05, 0) is 17.7 Å². The molecule has 0 aliphatic carbocycles. The zero-order valence-electron chi connectivity index (χ0n) is 9.97. The number of hydrogen-bond acceptors (Lipinski definition) is 2. The number of rotatable bonds is 4. The maximum absolute atomic E-state index is 5.68. The Morgan fingerprint density at radius 1 is 1.06 bits per heavy atom. The van der Waals surface area contributed by atoms with Gasteiger partial charge in [0.05, 0.1) is 24.9 Å². The average molecular weight is 238 g/mol. The summed E-state index contributed by atoms with van der Waals surface area (Å²) in [7, 11) is 0. The van der Waals surface area contributed by atoms with Gasteiger partial charge < -0.3 is 9.72 Å². The minimum Gasteiger partial charge on any atom is -0.371 e. The molecule has 3 aromatic rings. The van der Waals surface area contributed by atoms with Gasteiger partial charge in [-0.25, -0.2) is 0 Å². The Bertz CT molecular complexity index is 598. The highest BCUT2D eigenvalue weighted by Gasteiger charge is 2.00. The van der Waals surface area contributed by atoms with E-state index in [2.05, 4.69) is 28.2 Å². The third-order valence-electron chi connectivity index (χ3n) is 2.85. The van der Waals surface area contributed by atoms with Crippen molar-refractivity contribution in [3.05, 3.63) is 66.1 Å². The number of hydrogen-bond donors (Lipinski definition) is 1. The van der Waals surface area contributed by atoms with E-state index in [-0.39, 0.29) is 0 Å². The Morgan fingerprint density at radius 2 is 1.94 bits per heavy atom. The Balaban J connectivity index is 1.63. The number of aromatic nitrogens is 2. The molecule has 0 aliphatic heterocycles. The van der Waals surface area contributed by atoms with Crippen LogP contribution in [-0.2, 0) is 18.0 Å². The number of benzene rings is 1. The molecule has 0 amide bonds. The first-order valence-electron chi connectivity index (χ1n) is 5.95. The number of H-pyrrole nitrogens is 1. The van der Waals surface area contributed by atoms with Gasteiger partial charge in [0.25, 0.3) is 0 Å². The van der Waals surface area contributed by atoms with Crippen LogP contribution in [0.2, 0.25) is 0 Å². The van der Waals surface area contributed by atoms with Crippen molar-refractivity contribution in [2.75, 3.05) is 0 Å². The fraction of sp³-hybridized carbons (Fsp3) is 0.133. The molecule has 0 aliphatic rings. The first-order valence-corrected chi connectivity index (χ1v) is 5.95. The van der Waals surface area contributed by atoms with E-state index < -0.39 is 0 Å². The molecule has 3 heteroatoms. The van der Waals surface area contributed by atoms with E-state index >= 15 is 0 Å². The highest BCUT2D eigenvalue weighted by Crippen LogP contribution is 2.14. The van der Waals surface area contributed by atoms with Crippen molar-refractivity contribution in [2.45, 2.75) is 13.2 Å². The van der Waals surface area contributed by atoms with Crippen LogP contribution in [0.5, 0.6) is 0 Å². The minimum atomic E-state index is 0.587. The summed E-state index contributed by atoms with van der Waals surface area (Å²) >= 11 is 0. The summed E-state index contributed by atoms with van der Waals surface area (Å²) in [6.07, 6.45) is 3.63. The third-order valence-corrected chi connectivity index (χ3v) is 2.85. The minimum absolute atomic E-state index is 0.587. The van der Waals surface area contributed by atoms with Crippen LogP contribution < -0.4 is 0 Å². The summed E-state index contributed by atoms with van der Waals surface area (Å²) in [6, 6.07) is 14.3. The summed E-state index contributed by atoms with van der Waals surface area (Å²) in [4.78, 5) is 7.38. The van der Waals surface area contributed by atoms with Gasteiger partial charge in [-0.2, -0.15) is 0 Å². The lowest BCUT2D eigenvalue weighted by Gasteiger charge is -2.02. The van der Waals surface area contributed by atoms with Crippen molar-refractivity contribution in [2.24, 2.45) is 0 Å². The van der Waals surface area contributed by atoms with E-state index in [1.54, 1.807) is 6.20 Å². The first kappa shape index (κ1) is 11.0. The van der Waals surface area contributed by atoms with E-state index in [1.165, 1.54) is 10.9 Å². The van der Waals surface area contributed by atoms with E-state index in [0.29, 0.717) is 13.2 Å². The van der Waals surface area contributed by atoms with Gasteiger partial charge in [0, 0.05) is 17.3 Å². The fourth-order valence-electron chi connectivity index (χ4n) is 1.96. The molecule has 1 aromatic carbocycles. The van der Waals surface area contributed by atoms with E-state index in [0.717, 1.165) is 11.2 Å². The lowest BCUT2D eigenvalue weighted by atomic mass is 10.2. The van der Waals surface area contributed by atoms with E-state index in [1.807, 2.05) is 30.5 Å². The molecule has 18 heavy (non-hydrogen) atoms. The SMILES string of the molecule is c1ccc(COCc2cc3ccncc3[nH]2)cc1. The number of nitrogens with zero attached hydrogens (tertiary/aromatic N) is 1. The van der Waals surface area contributed by atoms with Crippen LogP contribution in [-0.4, -0.2) is 9.97 Å². The second-order valence-electron chi connectivity index (χ2n) is 4.24. The van der Waals surface area contributed by atoms with Crippen LogP contribution in [0, 0.1) is 0 Å². The van der Waals surface area contributed by atoms with Gasteiger partial charge in [-0.1, -0.05) is 30.3 Å². The Kier molecular flexibility index (Phi) is 3.07. The van der Waals surface area contributed by atoms with Gasteiger partial charge in [-0.15, -0.1) is 0 Å². The third kappa shape index (κ3) is 2.41. The second kappa shape index (κ2) is 5.02. The highest BCUT2D eigenvalue weighted by atomic mass is 16.5. The van der Waals surface area contributed by atoms with Crippen LogP contribution in [0.3, 0.4) is 0 Å². The largest absolute Gasteiger partial charge is 0.371 e. The van der Waals surface area contributed by atoms with Crippen molar-refractivity contribution in [3.63, 3.8) is 0 Å². The predicted molar refractivity (Wildman–Crippen MR) is 71.0 cm³/mol. The van der Waals surface area contributed by atoms with Crippen molar-refractivity contribution >= 4 is 10.9 Å². The molecule has 0 radical (unpaired) electrons. The van der Waals surface area contributed by atoms with E-state index in [9.17, 15) is 0 Å². The van der Waals surface area contributed by atoms with Crippen molar-refractivity contribution in [3.8, 4) is 0 Å². The highest BCUT2D eigenvalue weighted by molar-refractivity contribution is 5.79. The molecule has 0 saturated heterocycles. The second-order valence-corrected chi connectivity index (χ2v) is 4.24. The van der Waals surface area contributed by atoms with Crippen LogP contribution in [0.15, 0.2) is 54.9 Å². The van der Waals surface area contributed by atoms with Gasteiger partial charge in [0.1, 0.15) is 0 Å². The maximum atomic E-state index is 5.68. The summed E-state index contributed by atoms with van der Waals surface area (Å²) in [5, 5.41) is 1.17. The normalized spacial score (nSPS) is 10.9. The molecule has 0 unspecified atom stereocenters. The van der Waals surface area contributed by atoms with Crippen molar-refractivity contribution < 1.29 is 4.74 Å². The number of ether oxygens (including phenoxy) is 1. The average Bonchev–Trinajstić information content (AvgIpc) is 2.82. The van der Waals surface area contributed by atoms with E-state index in [4.69, 9.17) is 4.74 Å². The molecule has 2 heterocycles. The number of aromatic amines is 1. The summed E-state index contributed by atoms with van der Waals surface area (Å²) in [6.45, 7) is 1.22. The monoisotopic (exact) mass is 238 g/mol. The Hall–Kier alpha value is -2.13. The fourth-order valence-corrected chi connectivity index (χ4v) is 1.96. The number of fused-ring (bicyclic) bond motifs is 1. The lowest BCUT2D eigenvalue weighted by molar-refractivity contribution is 0.105. The lowest BCUT2D eigenvalue weighted by Crippen LogP contribution is -1.93. The number of nitrogens with one attached hydrogen (secondary N) is 1. The van der Waals surface area contributed by atoms with Gasteiger partial charge in [0.15, 0.2) is 0 Å². The molecule has 3 rings (SSSR count). The van der Waals surface area contributed by atoms with Gasteiger partial charge >= 0.3 is 0 Å². The zero-order chi connectivity index (χ0) is 12.2. The smallest absolute Gasteiger partial charge is 0.0870 e. The Morgan fingerprint density at radius 3 is 2.78 bits per heavy atom. The summed E-state index contributed by atoms with van der Waals surface area (Å²) in [5.74, 6) is 0. The molecule has 0 atom stereocenters. The summed E-state index contributed by atoms with van der Waals surface area (Å²) < 4.78 is 5.68. The molecule has 0 saturated carbocycles. The quantitative estimate of drug-likeness (QED) is 0.757. The standard InChI is InChI=1S/C15H14N2O/c1-2-4-12(5-3-1)10-18-11-14-8-13-6-7-16-9-15(13)17-14/h1-9,17H,10-11H2. The number of pyridine rings is 1. The van der Waals surface area contributed by atoms with Crippen LogP contribution in [0.25, 0.3) is 10.9 Å². The molecule has 3 nitrogen and oxygen atoms in total. The first-order chi connectivity index (χ1) is 8.92. The van der Waals surface area contributed by atoms with Crippen molar-refractivity contribution in [1.82, 2.24) is 9.97 Å². The van der Waals surface area contributed by atoms with Crippen LogP contribution >= 0.6 is 0 Å². The molecule has 2 aromatic heterocycles. The molecule has 0 bridgehead atoms. The van der Waals surface area contributed by atoms with Crippen LogP contribution in [0.1, 0.15) is 11.3 Å². The molecular formula is C15H14N2O. The predicted octanol–water partition coefficient (Wildman–Crippen LogP) is 3.28. The molecule has 0 spiro atoms. The molecular weight excluding hydrogens is 224 g/mol.